The maximum absolute atomic E-state index is 5.30. The standard InChI is InChI=1S/C9H15NO2S/c1-2-11-6-3-7-12-10-4-8-13-9-5-10/h6-7H,2,4-5,8-9H2,1H3. The van der Waals surface area contributed by atoms with Gasteiger partial charge in [0.25, 0.3) is 0 Å². The van der Waals surface area contributed by atoms with Gasteiger partial charge in [0.2, 0.25) is 0 Å². The third-order valence-electron chi connectivity index (χ3n) is 1.56. The molecule has 0 atom stereocenters. The molecule has 1 saturated heterocycles. The van der Waals surface area contributed by atoms with Crippen molar-refractivity contribution in [3.05, 3.63) is 18.3 Å². The predicted octanol–water partition coefficient (Wildman–Crippen LogP) is 1.63. The summed E-state index contributed by atoms with van der Waals surface area (Å²) in [5.74, 6) is 2.28. The average molecular weight is 201 g/mol. The van der Waals surface area contributed by atoms with Crippen LogP contribution < -0.4 is 0 Å². The molecule has 0 amide bonds. The minimum atomic E-state index is 0.668. The van der Waals surface area contributed by atoms with E-state index in [1.807, 2.05) is 23.7 Å². The summed E-state index contributed by atoms with van der Waals surface area (Å²) in [6.45, 7) is 4.57. The molecule has 1 aliphatic rings. The van der Waals surface area contributed by atoms with Gasteiger partial charge in [0.1, 0.15) is 6.26 Å². The van der Waals surface area contributed by atoms with E-state index in [1.54, 1.807) is 0 Å². The zero-order chi connectivity index (χ0) is 9.36. The summed E-state index contributed by atoms with van der Waals surface area (Å²) in [7, 11) is 0. The van der Waals surface area contributed by atoms with Gasteiger partial charge in [-0.2, -0.15) is 11.8 Å². The van der Waals surface area contributed by atoms with Crippen LogP contribution in [0.5, 0.6) is 0 Å². The van der Waals surface area contributed by atoms with Crippen LogP contribution in [0.4, 0.5) is 0 Å². The molecule has 1 heterocycles. The fraction of sp³-hybridized carbons (Fsp3) is 0.667. The van der Waals surface area contributed by atoms with Crippen molar-refractivity contribution in [2.75, 3.05) is 31.2 Å². The van der Waals surface area contributed by atoms with E-state index in [4.69, 9.17) is 9.57 Å². The summed E-state index contributed by atoms with van der Waals surface area (Å²) < 4.78 is 4.95. The molecule has 0 saturated carbocycles. The Morgan fingerprint density at radius 1 is 1.38 bits per heavy atom. The molecule has 0 aromatic heterocycles. The van der Waals surface area contributed by atoms with Gasteiger partial charge in [-0.05, 0) is 12.7 Å². The third kappa shape index (κ3) is 4.88. The summed E-state index contributed by atoms with van der Waals surface area (Å²) in [4.78, 5) is 5.30. The van der Waals surface area contributed by atoms with Gasteiger partial charge in [-0.1, -0.05) is 0 Å². The molecule has 0 aromatic rings. The molecule has 0 N–H and O–H groups in total. The largest absolute Gasteiger partial charge is 0.493 e. The molecule has 74 valence electrons. The molecule has 4 heteroatoms. The second-order valence-corrected chi connectivity index (χ2v) is 3.73. The first kappa shape index (κ1) is 10.5. The number of hydrogen-bond acceptors (Lipinski definition) is 4. The second-order valence-electron chi connectivity index (χ2n) is 2.50. The van der Waals surface area contributed by atoms with Gasteiger partial charge >= 0.3 is 0 Å². The Bertz CT molecular complexity index is 184. The molecule has 1 aliphatic heterocycles. The zero-order valence-corrected chi connectivity index (χ0v) is 8.68. The molecule has 13 heavy (non-hydrogen) atoms. The molecule has 0 radical (unpaired) electrons. The Labute approximate surface area is 83.3 Å². The summed E-state index contributed by atoms with van der Waals surface area (Å²) in [6.07, 6.45) is 3.05. The minimum Gasteiger partial charge on any atom is -0.493 e. The Morgan fingerprint density at radius 2 is 2.15 bits per heavy atom. The van der Waals surface area contributed by atoms with Crippen molar-refractivity contribution in [3.63, 3.8) is 0 Å². The summed E-state index contributed by atoms with van der Waals surface area (Å²) in [5.41, 5.74) is 2.79. The predicted molar refractivity (Wildman–Crippen MR) is 54.3 cm³/mol. The molecule has 0 unspecified atom stereocenters. The van der Waals surface area contributed by atoms with Gasteiger partial charge in [-0.3, -0.25) is 0 Å². The van der Waals surface area contributed by atoms with Crippen LogP contribution >= 0.6 is 11.8 Å². The number of rotatable bonds is 4. The monoisotopic (exact) mass is 201 g/mol. The number of ether oxygens (including phenoxy) is 1. The van der Waals surface area contributed by atoms with Crippen molar-refractivity contribution >= 4 is 11.8 Å². The lowest BCUT2D eigenvalue weighted by Gasteiger charge is -2.23. The Hall–Kier alpha value is -0.570. The minimum absolute atomic E-state index is 0.668. The zero-order valence-electron chi connectivity index (χ0n) is 7.86. The van der Waals surface area contributed by atoms with E-state index >= 15 is 0 Å². The SMILES string of the molecule is CCOC=C=CON1CCSCC1. The molecule has 0 aliphatic carbocycles. The smallest absolute Gasteiger partial charge is 0.156 e. The second kappa shape index (κ2) is 6.89. The van der Waals surface area contributed by atoms with Crippen LogP contribution in [-0.4, -0.2) is 36.3 Å². The number of nitrogens with zero attached hydrogens (tertiary/aromatic N) is 1. The van der Waals surface area contributed by atoms with Crippen molar-refractivity contribution in [1.82, 2.24) is 5.06 Å². The Kier molecular flexibility index (Phi) is 5.57. The van der Waals surface area contributed by atoms with Crippen LogP contribution in [-0.2, 0) is 9.57 Å². The maximum Gasteiger partial charge on any atom is 0.156 e. The van der Waals surface area contributed by atoms with E-state index in [-0.39, 0.29) is 0 Å². The van der Waals surface area contributed by atoms with Crippen molar-refractivity contribution in [2.24, 2.45) is 0 Å². The van der Waals surface area contributed by atoms with Crippen LogP contribution in [0.15, 0.2) is 18.3 Å². The van der Waals surface area contributed by atoms with E-state index in [0.29, 0.717) is 6.61 Å². The Balaban J connectivity index is 2.12. The molecule has 3 nitrogen and oxygen atoms in total. The molecule has 0 spiro atoms. The van der Waals surface area contributed by atoms with Gasteiger partial charge in [0.15, 0.2) is 6.26 Å². The van der Waals surface area contributed by atoms with Crippen LogP contribution in [0.1, 0.15) is 6.92 Å². The molecule has 0 aromatic carbocycles. The molecule has 1 rings (SSSR count). The lowest BCUT2D eigenvalue weighted by Crippen LogP contribution is -2.30. The van der Waals surface area contributed by atoms with E-state index in [2.05, 4.69) is 5.73 Å². The lowest BCUT2D eigenvalue weighted by atomic mass is 10.6. The van der Waals surface area contributed by atoms with Gasteiger partial charge in [0.05, 0.1) is 6.61 Å². The number of hydrogen-bond donors (Lipinski definition) is 0. The summed E-state index contributed by atoms with van der Waals surface area (Å²) in [6, 6.07) is 0. The highest BCUT2D eigenvalue weighted by Gasteiger charge is 2.08. The summed E-state index contributed by atoms with van der Waals surface area (Å²) in [5, 5.41) is 1.93. The maximum atomic E-state index is 5.30. The number of thioether (sulfide) groups is 1. The van der Waals surface area contributed by atoms with Gasteiger partial charge in [0, 0.05) is 24.6 Å². The van der Waals surface area contributed by atoms with Gasteiger partial charge < -0.3 is 9.57 Å². The van der Waals surface area contributed by atoms with E-state index in [1.165, 1.54) is 12.5 Å². The molecular formula is C9H15NO2S. The van der Waals surface area contributed by atoms with Crippen LogP contribution in [0.2, 0.25) is 0 Å². The van der Waals surface area contributed by atoms with E-state index in [9.17, 15) is 0 Å². The first-order valence-corrected chi connectivity index (χ1v) is 5.59. The molecule has 1 fully saturated rings. The normalized spacial score (nSPS) is 17.3. The summed E-state index contributed by atoms with van der Waals surface area (Å²) >= 11 is 1.96. The quantitative estimate of drug-likeness (QED) is 0.509. The first-order chi connectivity index (χ1) is 6.43. The van der Waals surface area contributed by atoms with Crippen LogP contribution in [0, 0.1) is 0 Å². The topological polar surface area (TPSA) is 21.7 Å². The van der Waals surface area contributed by atoms with Crippen LogP contribution in [0.25, 0.3) is 0 Å². The highest BCUT2D eigenvalue weighted by atomic mass is 32.2. The Morgan fingerprint density at radius 3 is 2.85 bits per heavy atom. The van der Waals surface area contributed by atoms with Gasteiger partial charge in [-0.15, -0.1) is 5.06 Å². The first-order valence-electron chi connectivity index (χ1n) is 4.44. The van der Waals surface area contributed by atoms with E-state index < -0.39 is 0 Å². The third-order valence-corrected chi connectivity index (χ3v) is 2.50. The highest BCUT2D eigenvalue weighted by Crippen LogP contribution is 2.08. The van der Waals surface area contributed by atoms with Crippen LogP contribution in [0.3, 0.4) is 0 Å². The highest BCUT2D eigenvalue weighted by molar-refractivity contribution is 7.99. The van der Waals surface area contributed by atoms with E-state index in [0.717, 1.165) is 24.6 Å². The van der Waals surface area contributed by atoms with Crippen molar-refractivity contribution in [3.8, 4) is 0 Å². The molecular weight excluding hydrogens is 186 g/mol. The lowest BCUT2D eigenvalue weighted by molar-refractivity contribution is -0.0944. The number of hydroxylamine groups is 2. The fourth-order valence-corrected chi connectivity index (χ4v) is 1.79. The van der Waals surface area contributed by atoms with Gasteiger partial charge in [-0.25, -0.2) is 0 Å². The van der Waals surface area contributed by atoms with Crippen molar-refractivity contribution in [1.29, 1.82) is 0 Å². The molecule has 0 bridgehead atoms. The van der Waals surface area contributed by atoms with Crippen molar-refractivity contribution in [2.45, 2.75) is 6.92 Å². The average Bonchev–Trinajstić information content (AvgIpc) is 2.19. The van der Waals surface area contributed by atoms with Crippen molar-refractivity contribution < 1.29 is 9.57 Å². The fourth-order valence-electron chi connectivity index (χ4n) is 0.916.